The second-order valence-corrected chi connectivity index (χ2v) is 7.37. The Hall–Kier alpha value is -0.980. The van der Waals surface area contributed by atoms with Gasteiger partial charge in [0, 0.05) is 0 Å². The molecule has 2 rings (SSSR count). The van der Waals surface area contributed by atoms with Gasteiger partial charge in [0.1, 0.15) is 0 Å². The fourth-order valence-electron chi connectivity index (χ4n) is 2.05. The lowest BCUT2D eigenvalue weighted by Crippen LogP contribution is -2.11. The predicted octanol–water partition coefficient (Wildman–Crippen LogP) is 3.07. The summed E-state index contributed by atoms with van der Waals surface area (Å²) >= 11 is 1.14. The van der Waals surface area contributed by atoms with Crippen LogP contribution in [-0.4, -0.2) is 13.4 Å². The van der Waals surface area contributed by atoms with Gasteiger partial charge in [0.2, 0.25) is 4.34 Å². The molecule has 4 nitrogen and oxygen atoms in total. The quantitative estimate of drug-likeness (QED) is 0.833. The highest BCUT2D eigenvalue weighted by molar-refractivity contribution is 7.91. The summed E-state index contributed by atoms with van der Waals surface area (Å²) in [4.78, 5) is 4.19. The predicted molar refractivity (Wildman–Crippen MR) is 78.8 cm³/mol. The molecule has 1 heterocycles. The lowest BCUT2D eigenvalue weighted by atomic mass is 10.1. The Morgan fingerprint density at radius 2 is 2.05 bits per heavy atom. The summed E-state index contributed by atoms with van der Waals surface area (Å²) in [5.41, 5.74) is 1.90. The van der Waals surface area contributed by atoms with Crippen molar-refractivity contribution in [1.29, 1.82) is 0 Å². The number of nitrogens with zero attached hydrogens (tertiary/aromatic N) is 1. The van der Waals surface area contributed by atoms with Crippen LogP contribution in [0.5, 0.6) is 0 Å². The van der Waals surface area contributed by atoms with Gasteiger partial charge in [-0.1, -0.05) is 38.3 Å². The topological polar surface area (TPSA) is 73.1 Å². The molecule has 1 aromatic carbocycles. The van der Waals surface area contributed by atoms with Gasteiger partial charge in [-0.2, -0.15) is 0 Å². The summed E-state index contributed by atoms with van der Waals surface area (Å²) in [5.74, 6) is 0. The van der Waals surface area contributed by atoms with Crippen LogP contribution in [0.2, 0.25) is 0 Å². The van der Waals surface area contributed by atoms with Crippen LogP contribution in [0.3, 0.4) is 0 Å². The Bertz CT molecular complexity index is 662. The van der Waals surface area contributed by atoms with Crippen molar-refractivity contribution in [2.75, 3.05) is 0 Å². The van der Waals surface area contributed by atoms with Gasteiger partial charge in [-0.25, -0.2) is 18.5 Å². The van der Waals surface area contributed by atoms with Crippen molar-refractivity contribution in [3.63, 3.8) is 0 Å². The van der Waals surface area contributed by atoms with Gasteiger partial charge >= 0.3 is 0 Å². The minimum absolute atomic E-state index is 0.00325. The summed E-state index contributed by atoms with van der Waals surface area (Å²) < 4.78 is 23.6. The molecule has 0 aliphatic rings. The van der Waals surface area contributed by atoms with Gasteiger partial charge in [0.05, 0.1) is 10.2 Å². The Morgan fingerprint density at radius 3 is 2.74 bits per heavy atom. The molecular weight excluding hydrogens is 280 g/mol. The number of nitrogens with two attached hydrogens (primary N) is 1. The Morgan fingerprint density at radius 1 is 1.26 bits per heavy atom. The normalized spacial score (nSPS) is 12.1. The summed E-state index contributed by atoms with van der Waals surface area (Å²) in [5, 5.41) is 5.13. The summed E-state index contributed by atoms with van der Waals surface area (Å²) in [7, 11) is -3.70. The van der Waals surface area contributed by atoms with E-state index in [1.54, 1.807) is 0 Å². The largest absolute Gasteiger partial charge is 0.265 e. The molecule has 1 aromatic heterocycles. The Kier molecular flexibility index (Phi) is 4.54. The zero-order valence-corrected chi connectivity index (χ0v) is 12.6. The van der Waals surface area contributed by atoms with E-state index >= 15 is 0 Å². The van der Waals surface area contributed by atoms with Crippen LogP contribution in [0.4, 0.5) is 0 Å². The van der Waals surface area contributed by atoms with E-state index in [2.05, 4.69) is 11.9 Å². The van der Waals surface area contributed by atoms with Crippen molar-refractivity contribution in [3.05, 3.63) is 23.8 Å². The van der Waals surface area contributed by atoms with Crippen LogP contribution in [0.15, 0.2) is 22.5 Å². The standard InChI is InChI=1S/C13H18N2O2S2/c1-2-3-4-5-7-10-8-6-9-11-12(10)15-13(18-11)19(14,16)17/h6,8-9H,2-5,7H2,1H3,(H2,14,16,17). The third kappa shape index (κ3) is 3.52. The van der Waals surface area contributed by atoms with Gasteiger partial charge in [-0.15, -0.1) is 11.3 Å². The molecule has 0 aliphatic heterocycles. The maximum absolute atomic E-state index is 11.3. The van der Waals surface area contributed by atoms with Crippen molar-refractivity contribution in [3.8, 4) is 0 Å². The fraction of sp³-hybridized carbons (Fsp3) is 0.462. The first-order valence-corrected chi connectivity index (χ1v) is 8.80. The average molecular weight is 298 g/mol. The minimum atomic E-state index is -3.70. The van der Waals surface area contributed by atoms with Crippen LogP contribution < -0.4 is 5.14 Å². The molecule has 19 heavy (non-hydrogen) atoms. The highest BCUT2D eigenvalue weighted by Crippen LogP contribution is 2.28. The maximum atomic E-state index is 11.3. The van der Waals surface area contributed by atoms with Gasteiger partial charge < -0.3 is 0 Å². The molecule has 0 radical (unpaired) electrons. The van der Waals surface area contributed by atoms with Crippen LogP contribution in [0.25, 0.3) is 10.2 Å². The zero-order valence-electron chi connectivity index (χ0n) is 10.9. The molecule has 0 amide bonds. The Labute approximate surface area is 117 Å². The monoisotopic (exact) mass is 298 g/mol. The molecular formula is C13H18N2O2S2. The molecule has 0 atom stereocenters. The molecule has 2 N–H and O–H groups in total. The van der Waals surface area contributed by atoms with E-state index in [9.17, 15) is 8.42 Å². The van der Waals surface area contributed by atoms with E-state index in [-0.39, 0.29) is 4.34 Å². The van der Waals surface area contributed by atoms with Crippen molar-refractivity contribution in [2.24, 2.45) is 5.14 Å². The lowest BCUT2D eigenvalue weighted by molar-refractivity contribution is 0.597. The molecule has 2 aromatic rings. The molecule has 0 fully saturated rings. The first-order valence-electron chi connectivity index (χ1n) is 6.43. The van der Waals surface area contributed by atoms with Gasteiger partial charge in [-0.3, -0.25) is 0 Å². The highest BCUT2D eigenvalue weighted by Gasteiger charge is 2.15. The second kappa shape index (κ2) is 5.98. The van der Waals surface area contributed by atoms with E-state index in [0.717, 1.165) is 40.0 Å². The van der Waals surface area contributed by atoms with Crippen LogP contribution in [0.1, 0.15) is 38.2 Å². The van der Waals surface area contributed by atoms with E-state index in [4.69, 9.17) is 5.14 Å². The maximum Gasteiger partial charge on any atom is 0.265 e. The third-order valence-electron chi connectivity index (χ3n) is 3.03. The van der Waals surface area contributed by atoms with E-state index in [1.807, 2.05) is 18.2 Å². The molecule has 6 heteroatoms. The number of para-hydroxylation sites is 1. The smallest absolute Gasteiger partial charge is 0.224 e. The molecule has 0 saturated heterocycles. The van der Waals surface area contributed by atoms with Crippen molar-refractivity contribution in [1.82, 2.24) is 4.98 Å². The summed E-state index contributed by atoms with van der Waals surface area (Å²) in [6, 6.07) is 5.85. The number of aryl methyl sites for hydroxylation is 1. The number of sulfonamides is 1. The van der Waals surface area contributed by atoms with Crippen LogP contribution in [0, 0.1) is 0 Å². The van der Waals surface area contributed by atoms with E-state index in [1.165, 1.54) is 19.3 Å². The second-order valence-electron chi connectivity index (χ2n) is 4.60. The van der Waals surface area contributed by atoms with Crippen LogP contribution in [-0.2, 0) is 16.4 Å². The average Bonchev–Trinajstić information content (AvgIpc) is 2.79. The van der Waals surface area contributed by atoms with Gasteiger partial charge in [0.25, 0.3) is 10.0 Å². The lowest BCUT2D eigenvalue weighted by Gasteiger charge is -2.01. The number of thiazole rings is 1. The molecule has 0 aliphatic carbocycles. The minimum Gasteiger partial charge on any atom is -0.224 e. The molecule has 0 bridgehead atoms. The number of primary sulfonamides is 1. The van der Waals surface area contributed by atoms with Crippen LogP contribution >= 0.6 is 11.3 Å². The van der Waals surface area contributed by atoms with Crippen molar-refractivity contribution >= 4 is 31.6 Å². The van der Waals surface area contributed by atoms with Crippen molar-refractivity contribution < 1.29 is 8.42 Å². The first-order chi connectivity index (χ1) is 9.02. The van der Waals surface area contributed by atoms with E-state index < -0.39 is 10.0 Å². The van der Waals surface area contributed by atoms with Gasteiger partial charge in [0.15, 0.2) is 0 Å². The number of benzene rings is 1. The first kappa shape index (κ1) is 14.4. The summed E-state index contributed by atoms with van der Waals surface area (Å²) in [6.45, 7) is 2.18. The number of hydrogen-bond donors (Lipinski definition) is 1. The van der Waals surface area contributed by atoms with E-state index in [0.29, 0.717) is 0 Å². The number of aromatic nitrogens is 1. The molecule has 0 spiro atoms. The fourth-order valence-corrected chi connectivity index (χ4v) is 3.75. The number of unbranched alkanes of at least 4 members (excludes halogenated alkanes) is 3. The zero-order chi connectivity index (χ0) is 13.9. The van der Waals surface area contributed by atoms with Crippen molar-refractivity contribution in [2.45, 2.75) is 43.4 Å². The number of fused-ring (bicyclic) bond motifs is 1. The van der Waals surface area contributed by atoms with Gasteiger partial charge in [-0.05, 0) is 24.5 Å². The summed E-state index contributed by atoms with van der Waals surface area (Å²) in [6.07, 6.45) is 5.67. The third-order valence-corrected chi connectivity index (χ3v) is 5.37. The number of hydrogen-bond acceptors (Lipinski definition) is 4. The molecule has 0 saturated carbocycles. The highest BCUT2D eigenvalue weighted by atomic mass is 32.2. The molecule has 0 unspecified atom stereocenters. The Balaban J connectivity index is 2.27. The SMILES string of the molecule is CCCCCCc1cccc2sc(S(N)(=O)=O)nc12. The number of rotatable bonds is 6. The molecule has 104 valence electrons.